The summed E-state index contributed by atoms with van der Waals surface area (Å²) in [4.78, 5) is 0. The molecular formula is C9H17IO2. The van der Waals surface area contributed by atoms with Gasteiger partial charge < -0.3 is 9.47 Å². The molecule has 0 atom stereocenters. The summed E-state index contributed by atoms with van der Waals surface area (Å²) in [6, 6.07) is 0. The minimum atomic E-state index is 0.105. The smallest absolute Gasteiger partial charge is 0.157 e. The summed E-state index contributed by atoms with van der Waals surface area (Å²) in [5.74, 6) is 0. The van der Waals surface area contributed by atoms with Crippen LogP contribution in [0.2, 0.25) is 0 Å². The number of unbranched alkanes of at least 4 members (excludes halogenated alkanes) is 2. The highest BCUT2D eigenvalue weighted by Crippen LogP contribution is 2.12. The van der Waals surface area contributed by atoms with Crippen molar-refractivity contribution in [2.24, 2.45) is 0 Å². The molecule has 0 spiro atoms. The first-order valence-corrected chi connectivity index (χ1v) is 6.25. The van der Waals surface area contributed by atoms with E-state index in [1.807, 2.05) is 0 Å². The van der Waals surface area contributed by atoms with Gasteiger partial charge in [0.1, 0.15) is 0 Å². The Kier molecular flexibility index (Phi) is 6.34. The SMILES string of the molecule is ICCCCCC1OCCCO1. The second kappa shape index (κ2) is 7.09. The highest BCUT2D eigenvalue weighted by Gasteiger charge is 2.12. The van der Waals surface area contributed by atoms with Crippen LogP contribution in [-0.4, -0.2) is 23.9 Å². The van der Waals surface area contributed by atoms with Crippen molar-refractivity contribution >= 4 is 22.6 Å². The van der Waals surface area contributed by atoms with Crippen LogP contribution in [0.15, 0.2) is 0 Å². The van der Waals surface area contributed by atoms with Crippen LogP contribution in [0.1, 0.15) is 32.1 Å². The van der Waals surface area contributed by atoms with Gasteiger partial charge in [-0.05, 0) is 30.1 Å². The molecule has 1 aliphatic heterocycles. The summed E-state index contributed by atoms with van der Waals surface area (Å²) in [6.45, 7) is 1.77. The van der Waals surface area contributed by atoms with E-state index in [0.717, 1.165) is 26.1 Å². The van der Waals surface area contributed by atoms with Crippen molar-refractivity contribution in [2.45, 2.75) is 38.4 Å². The van der Waals surface area contributed by atoms with Crippen molar-refractivity contribution < 1.29 is 9.47 Å². The first kappa shape index (κ1) is 10.7. The van der Waals surface area contributed by atoms with Gasteiger partial charge >= 0.3 is 0 Å². The first-order chi connectivity index (χ1) is 5.93. The van der Waals surface area contributed by atoms with E-state index in [2.05, 4.69) is 22.6 Å². The molecule has 0 unspecified atom stereocenters. The van der Waals surface area contributed by atoms with Crippen molar-refractivity contribution in [1.82, 2.24) is 0 Å². The molecule has 0 radical (unpaired) electrons. The minimum Gasteiger partial charge on any atom is -0.353 e. The lowest BCUT2D eigenvalue weighted by Gasteiger charge is -2.22. The maximum atomic E-state index is 5.43. The van der Waals surface area contributed by atoms with Gasteiger partial charge in [-0.25, -0.2) is 0 Å². The lowest BCUT2D eigenvalue weighted by atomic mass is 10.2. The molecule has 0 aromatic heterocycles. The van der Waals surface area contributed by atoms with E-state index >= 15 is 0 Å². The van der Waals surface area contributed by atoms with Crippen molar-refractivity contribution in [1.29, 1.82) is 0 Å². The zero-order valence-corrected chi connectivity index (χ0v) is 9.59. The number of hydrogen-bond donors (Lipinski definition) is 0. The molecule has 72 valence electrons. The molecule has 1 aliphatic rings. The van der Waals surface area contributed by atoms with Crippen molar-refractivity contribution in [3.05, 3.63) is 0 Å². The first-order valence-electron chi connectivity index (χ1n) is 4.72. The summed E-state index contributed by atoms with van der Waals surface area (Å²) in [5, 5.41) is 0. The molecule has 3 heteroatoms. The standard InChI is InChI=1S/C9H17IO2/c10-6-3-1-2-5-9-11-7-4-8-12-9/h9H,1-8H2. The monoisotopic (exact) mass is 284 g/mol. The molecule has 0 amide bonds. The van der Waals surface area contributed by atoms with Crippen LogP contribution < -0.4 is 0 Å². The number of alkyl halides is 1. The van der Waals surface area contributed by atoms with Crippen molar-refractivity contribution in [3.8, 4) is 0 Å². The van der Waals surface area contributed by atoms with Gasteiger partial charge in [0.2, 0.25) is 0 Å². The second-order valence-corrected chi connectivity index (χ2v) is 4.14. The fourth-order valence-electron chi connectivity index (χ4n) is 1.29. The fraction of sp³-hybridized carbons (Fsp3) is 1.00. The summed E-state index contributed by atoms with van der Waals surface area (Å²) >= 11 is 2.42. The molecule has 0 saturated carbocycles. The molecule has 0 aromatic rings. The minimum absolute atomic E-state index is 0.105. The zero-order chi connectivity index (χ0) is 8.65. The van der Waals surface area contributed by atoms with Crippen LogP contribution in [0.25, 0.3) is 0 Å². The summed E-state index contributed by atoms with van der Waals surface area (Å²) < 4.78 is 12.1. The van der Waals surface area contributed by atoms with Crippen LogP contribution in [0.5, 0.6) is 0 Å². The Balaban J connectivity index is 1.91. The third-order valence-corrected chi connectivity index (χ3v) is 2.73. The van der Waals surface area contributed by atoms with E-state index < -0.39 is 0 Å². The zero-order valence-electron chi connectivity index (χ0n) is 7.43. The summed E-state index contributed by atoms with van der Waals surface area (Å²) in [5.41, 5.74) is 0. The fourth-order valence-corrected chi connectivity index (χ4v) is 1.82. The third-order valence-electron chi connectivity index (χ3n) is 1.97. The molecule has 0 N–H and O–H groups in total. The number of halogens is 1. The van der Waals surface area contributed by atoms with Gasteiger partial charge in [0.05, 0.1) is 13.2 Å². The Labute approximate surface area is 88.1 Å². The van der Waals surface area contributed by atoms with Crippen molar-refractivity contribution in [2.75, 3.05) is 17.6 Å². The predicted octanol–water partition coefficient (Wildman–Crippen LogP) is 2.74. The normalized spacial score (nSPS) is 19.8. The Bertz CT molecular complexity index is 103. The van der Waals surface area contributed by atoms with Crippen LogP contribution >= 0.6 is 22.6 Å². The van der Waals surface area contributed by atoms with E-state index in [4.69, 9.17) is 9.47 Å². The van der Waals surface area contributed by atoms with Crippen LogP contribution in [0, 0.1) is 0 Å². The lowest BCUT2D eigenvalue weighted by Crippen LogP contribution is -2.24. The average molecular weight is 284 g/mol. The van der Waals surface area contributed by atoms with Gasteiger partial charge in [-0.1, -0.05) is 29.0 Å². The molecule has 1 saturated heterocycles. The highest BCUT2D eigenvalue weighted by molar-refractivity contribution is 14.1. The maximum Gasteiger partial charge on any atom is 0.157 e. The molecule has 12 heavy (non-hydrogen) atoms. The second-order valence-electron chi connectivity index (χ2n) is 3.06. The Morgan fingerprint density at radius 3 is 2.50 bits per heavy atom. The van der Waals surface area contributed by atoms with E-state index in [9.17, 15) is 0 Å². The lowest BCUT2D eigenvalue weighted by molar-refractivity contribution is -0.181. The van der Waals surface area contributed by atoms with E-state index in [1.165, 1.54) is 23.7 Å². The van der Waals surface area contributed by atoms with Gasteiger partial charge in [-0.15, -0.1) is 0 Å². The molecule has 1 heterocycles. The molecular weight excluding hydrogens is 267 g/mol. The maximum absolute atomic E-state index is 5.43. The van der Waals surface area contributed by atoms with Gasteiger partial charge in [-0.2, -0.15) is 0 Å². The topological polar surface area (TPSA) is 18.5 Å². The third kappa shape index (κ3) is 4.62. The molecule has 1 rings (SSSR count). The van der Waals surface area contributed by atoms with Crippen molar-refractivity contribution in [3.63, 3.8) is 0 Å². The van der Waals surface area contributed by atoms with Crippen LogP contribution in [0.4, 0.5) is 0 Å². The number of ether oxygens (including phenoxy) is 2. The highest BCUT2D eigenvalue weighted by atomic mass is 127. The average Bonchev–Trinajstić information content (AvgIpc) is 2.14. The predicted molar refractivity (Wildman–Crippen MR) is 57.7 cm³/mol. The number of hydrogen-bond acceptors (Lipinski definition) is 2. The van der Waals surface area contributed by atoms with Gasteiger partial charge in [0.25, 0.3) is 0 Å². The summed E-state index contributed by atoms with van der Waals surface area (Å²) in [7, 11) is 0. The van der Waals surface area contributed by atoms with Crippen LogP contribution in [-0.2, 0) is 9.47 Å². The quantitative estimate of drug-likeness (QED) is 0.439. The molecule has 0 aromatic carbocycles. The molecule has 2 nitrogen and oxygen atoms in total. The number of rotatable bonds is 5. The molecule has 0 aliphatic carbocycles. The van der Waals surface area contributed by atoms with Gasteiger partial charge in [0.15, 0.2) is 6.29 Å². The van der Waals surface area contributed by atoms with E-state index in [-0.39, 0.29) is 6.29 Å². The largest absolute Gasteiger partial charge is 0.353 e. The Morgan fingerprint density at radius 1 is 1.08 bits per heavy atom. The van der Waals surface area contributed by atoms with E-state index in [0.29, 0.717) is 0 Å². The molecule has 1 fully saturated rings. The van der Waals surface area contributed by atoms with Gasteiger partial charge in [-0.3, -0.25) is 0 Å². The summed E-state index contributed by atoms with van der Waals surface area (Å²) in [6.07, 6.45) is 6.13. The Hall–Kier alpha value is 0.650. The van der Waals surface area contributed by atoms with Crippen LogP contribution in [0.3, 0.4) is 0 Å². The van der Waals surface area contributed by atoms with E-state index in [1.54, 1.807) is 0 Å². The Morgan fingerprint density at radius 2 is 1.83 bits per heavy atom. The molecule has 0 bridgehead atoms. The van der Waals surface area contributed by atoms with Gasteiger partial charge in [0, 0.05) is 0 Å².